The molecule has 0 radical (unpaired) electrons. The van der Waals surface area contributed by atoms with Gasteiger partial charge in [-0.2, -0.15) is 0 Å². The number of carbonyl (C=O) groups excluding carboxylic acids is 2. The maximum Gasteiger partial charge on any atom is 0.410 e. The second-order valence-electron chi connectivity index (χ2n) is 6.34. The summed E-state index contributed by atoms with van der Waals surface area (Å²) in [6.45, 7) is 3.14. The smallest absolute Gasteiger partial charge is 0.410 e. The average Bonchev–Trinajstić information content (AvgIpc) is 3.02. The van der Waals surface area contributed by atoms with Crippen LogP contribution in [0.4, 0.5) is 9.80 Å². The molecule has 0 saturated carbocycles. The molecule has 1 atom stereocenters. The SMILES string of the molecule is CCOC(=O)N1CCc2c(sc3c2C(=O)NC(c2ccc(O)c(I)c2)N3)C1. The number of aromatic hydroxyl groups is 1. The van der Waals surface area contributed by atoms with Crippen LogP contribution in [0.25, 0.3) is 0 Å². The summed E-state index contributed by atoms with van der Waals surface area (Å²) < 4.78 is 5.82. The van der Waals surface area contributed by atoms with E-state index in [1.165, 1.54) is 11.3 Å². The van der Waals surface area contributed by atoms with E-state index in [-0.39, 0.29) is 23.9 Å². The summed E-state index contributed by atoms with van der Waals surface area (Å²) in [6, 6.07) is 5.25. The lowest BCUT2D eigenvalue weighted by Gasteiger charge is -2.28. The van der Waals surface area contributed by atoms with E-state index >= 15 is 0 Å². The molecule has 9 heteroatoms. The van der Waals surface area contributed by atoms with Crippen molar-refractivity contribution in [1.29, 1.82) is 0 Å². The summed E-state index contributed by atoms with van der Waals surface area (Å²) in [5.74, 6) is 0.103. The van der Waals surface area contributed by atoms with Crippen molar-refractivity contribution in [2.45, 2.75) is 26.1 Å². The summed E-state index contributed by atoms with van der Waals surface area (Å²) in [4.78, 5) is 27.5. The maximum atomic E-state index is 12.8. The number of nitrogens with zero attached hydrogens (tertiary/aromatic N) is 1. The van der Waals surface area contributed by atoms with Crippen LogP contribution in [0.5, 0.6) is 5.75 Å². The van der Waals surface area contributed by atoms with E-state index in [1.807, 2.05) is 6.07 Å². The van der Waals surface area contributed by atoms with E-state index in [0.717, 1.165) is 24.6 Å². The van der Waals surface area contributed by atoms with Gasteiger partial charge in [0.1, 0.15) is 16.9 Å². The number of hydrogen-bond acceptors (Lipinski definition) is 6. The highest BCUT2D eigenvalue weighted by Gasteiger charge is 2.34. The van der Waals surface area contributed by atoms with Crippen molar-refractivity contribution in [1.82, 2.24) is 10.2 Å². The molecule has 1 unspecified atom stereocenters. The number of nitrogens with one attached hydrogen (secondary N) is 2. The van der Waals surface area contributed by atoms with Gasteiger partial charge in [-0.25, -0.2) is 4.79 Å². The number of halogens is 1. The van der Waals surface area contributed by atoms with Gasteiger partial charge in [0.05, 0.1) is 22.3 Å². The minimum absolute atomic E-state index is 0.112. The quantitative estimate of drug-likeness (QED) is 0.551. The van der Waals surface area contributed by atoms with Crippen LogP contribution in [0, 0.1) is 3.57 Å². The molecular weight excluding hydrogens is 481 g/mol. The fraction of sp³-hybridized carbons (Fsp3) is 0.333. The number of rotatable bonds is 2. The number of phenolic OH excluding ortho intramolecular Hbond substituents is 1. The molecule has 3 N–H and O–H groups in total. The molecule has 2 aliphatic heterocycles. The van der Waals surface area contributed by atoms with Gasteiger partial charge < -0.3 is 25.4 Å². The lowest BCUT2D eigenvalue weighted by atomic mass is 10.0. The van der Waals surface area contributed by atoms with E-state index in [1.54, 1.807) is 24.0 Å². The third kappa shape index (κ3) is 3.33. The average molecular weight is 499 g/mol. The van der Waals surface area contributed by atoms with Crippen LogP contribution < -0.4 is 10.6 Å². The number of amides is 2. The Morgan fingerprint density at radius 3 is 3.00 bits per heavy atom. The lowest BCUT2D eigenvalue weighted by Crippen LogP contribution is -2.39. The minimum atomic E-state index is -0.361. The first kappa shape index (κ1) is 18.4. The number of fused-ring (bicyclic) bond motifs is 3. The predicted molar refractivity (Wildman–Crippen MR) is 110 cm³/mol. The maximum absolute atomic E-state index is 12.8. The number of anilines is 1. The van der Waals surface area contributed by atoms with Gasteiger partial charge in [0.15, 0.2) is 0 Å². The van der Waals surface area contributed by atoms with E-state index in [2.05, 4.69) is 33.2 Å². The molecule has 2 amide bonds. The summed E-state index contributed by atoms with van der Waals surface area (Å²) >= 11 is 3.57. The van der Waals surface area contributed by atoms with E-state index in [9.17, 15) is 14.7 Å². The zero-order valence-corrected chi connectivity index (χ0v) is 17.5. The van der Waals surface area contributed by atoms with Gasteiger partial charge in [0.2, 0.25) is 0 Å². The van der Waals surface area contributed by atoms with Crippen LogP contribution in [0.1, 0.15) is 39.5 Å². The molecule has 0 bridgehead atoms. The van der Waals surface area contributed by atoms with Crippen molar-refractivity contribution in [3.8, 4) is 5.75 Å². The second kappa shape index (κ2) is 7.19. The zero-order valence-electron chi connectivity index (χ0n) is 14.5. The molecule has 1 aromatic carbocycles. The van der Waals surface area contributed by atoms with Crippen molar-refractivity contribution >= 4 is 50.9 Å². The number of benzene rings is 1. The van der Waals surface area contributed by atoms with E-state index < -0.39 is 0 Å². The molecule has 2 aliphatic rings. The second-order valence-corrected chi connectivity index (χ2v) is 8.61. The number of carbonyl (C=O) groups is 2. The predicted octanol–water partition coefficient (Wildman–Crippen LogP) is 3.43. The summed E-state index contributed by atoms with van der Waals surface area (Å²) in [5, 5.41) is 16.9. The minimum Gasteiger partial charge on any atom is -0.507 e. The molecule has 2 aromatic rings. The van der Waals surface area contributed by atoms with Crippen LogP contribution in [-0.4, -0.2) is 35.2 Å². The van der Waals surface area contributed by atoms with Gasteiger partial charge in [-0.15, -0.1) is 11.3 Å². The molecule has 0 aliphatic carbocycles. The molecule has 3 heterocycles. The zero-order chi connectivity index (χ0) is 19.1. The van der Waals surface area contributed by atoms with Crippen molar-refractivity contribution in [3.05, 3.63) is 43.3 Å². The van der Waals surface area contributed by atoms with Crippen molar-refractivity contribution in [3.63, 3.8) is 0 Å². The first-order valence-corrected chi connectivity index (χ1v) is 10.5. The normalized spacial score (nSPS) is 18.2. The lowest BCUT2D eigenvalue weighted by molar-refractivity contribution is 0.0934. The molecule has 4 rings (SSSR count). The molecule has 27 heavy (non-hydrogen) atoms. The molecular formula is C18H18IN3O4S. The first-order valence-electron chi connectivity index (χ1n) is 8.60. The van der Waals surface area contributed by atoms with Crippen LogP contribution >= 0.6 is 33.9 Å². The van der Waals surface area contributed by atoms with Gasteiger partial charge in [0, 0.05) is 11.4 Å². The summed E-state index contributed by atoms with van der Waals surface area (Å²) in [7, 11) is 0. The molecule has 7 nitrogen and oxygen atoms in total. The highest BCUT2D eigenvalue weighted by Crippen LogP contribution is 2.41. The Hall–Kier alpha value is -2.01. The molecule has 0 fully saturated rings. The van der Waals surface area contributed by atoms with Gasteiger partial charge in [-0.05, 0) is 59.2 Å². The Bertz CT molecular complexity index is 930. The summed E-state index contributed by atoms with van der Waals surface area (Å²) in [6.07, 6.45) is -0.0412. The fourth-order valence-corrected chi connectivity index (χ4v) is 5.18. The van der Waals surface area contributed by atoms with Crippen LogP contribution in [0.2, 0.25) is 0 Å². The van der Waals surface area contributed by atoms with Crippen LogP contribution in [0.15, 0.2) is 18.2 Å². The Kier molecular flexibility index (Phi) is 4.89. The Morgan fingerprint density at radius 2 is 2.26 bits per heavy atom. The Morgan fingerprint density at radius 1 is 1.44 bits per heavy atom. The first-order chi connectivity index (χ1) is 13.0. The molecule has 1 aromatic heterocycles. The highest BCUT2D eigenvalue weighted by molar-refractivity contribution is 14.1. The highest BCUT2D eigenvalue weighted by atomic mass is 127. The number of thiophene rings is 1. The fourth-order valence-electron chi connectivity index (χ4n) is 3.36. The third-order valence-electron chi connectivity index (χ3n) is 4.67. The summed E-state index contributed by atoms with van der Waals surface area (Å²) in [5.41, 5.74) is 2.57. The van der Waals surface area contributed by atoms with Crippen molar-refractivity contribution < 1.29 is 19.4 Å². The van der Waals surface area contributed by atoms with E-state index in [0.29, 0.717) is 31.7 Å². The number of phenols is 1. The van der Waals surface area contributed by atoms with Crippen molar-refractivity contribution in [2.24, 2.45) is 0 Å². The molecule has 0 saturated heterocycles. The molecule has 142 valence electrons. The van der Waals surface area contributed by atoms with Gasteiger partial charge >= 0.3 is 6.09 Å². The monoisotopic (exact) mass is 499 g/mol. The topological polar surface area (TPSA) is 90.9 Å². The van der Waals surface area contributed by atoms with Crippen molar-refractivity contribution in [2.75, 3.05) is 18.5 Å². The third-order valence-corrected chi connectivity index (χ3v) is 6.68. The van der Waals surface area contributed by atoms with Gasteiger partial charge in [-0.3, -0.25) is 4.79 Å². The van der Waals surface area contributed by atoms with Gasteiger partial charge in [0.25, 0.3) is 5.91 Å². The van der Waals surface area contributed by atoms with Gasteiger partial charge in [-0.1, -0.05) is 6.07 Å². The van der Waals surface area contributed by atoms with Crippen LogP contribution in [-0.2, 0) is 17.7 Å². The van der Waals surface area contributed by atoms with E-state index in [4.69, 9.17) is 4.74 Å². The Labute approximate surface area is 173 Å². The number of ether oxygens (including phenoxy) is 1. The largest absolute Gasteiger partial charge is 0.507 e. The number of hydrogen-bond donors (Lipinski definition) is 3. The molecule has 0 spiro atoms. The van der Waals surface area contributed by atoms with Crippen LogP contribution in [0.3, 0.4) is 0 Å². The Balaban J connectivity index is 1.60. The standard InChI is InChI=1S/C18H18IN3O4S/c1-2-26-18(25)22-6-5-10-13(8-22)27-17-14(10)16(24)20-15(21-17)9-3-4-12(23)11(19)7-9/h3-4,7,15,21,23H,2,5-6,8H2,1H3,(H,20,24).